The van der Waals surface area contributed by atoms with Gasteiger partial charge in [0, 0.05) is 18.9 Å². The maximum atomic E-state index is 13.9. The van der Waals surface area contributed by atoms with Crippen molar-refractivity contribution >= 4 is 23.5 Å². The summed E-state index contributed by atoms with van der Waals surface area (Å²) in [4.78, 5) is 44.4. The highest BCUT2D eigenvalue weighted by Gasteiger charge is 2.31. The highest BCUT2D eigenvalue weighted by atomic mass is 16.5. The van der Waals surface area contributed by atoms with Gasteiger partial charge in [-0.05, 0) is 66.0 Å². The van der Waals surface area contributed by atoms with Crippen molar-refractivity contribution in [2.75, 3.05) is 32.0 Å². The number of aryl methyl sites for hydroxylation is 2. The number of benzene rings is 1. The smallest absolute Gasteiger partial charge is 0.249 e. The van der Waals surface area contributed by atoms with E-state index >= 15 is 0 Å². The van der Waals surface area contributed by atoms with Gasteiger partial charge in [0.1, 0.15) is 11.9 Å². The number of ether oxygens (including phenoxy) is 3. The Labute approximate surface area is 281 Å². The van der Waals surface area contributed by atoms with Crippen LogP contribution in [0.5, 0.6) is 17.2 Å². The number of anilines is 2. The Hall–Kier alpha value is -4.61. The van der Waals surface area contributed by atoms with Crippen LogP contribution in [0.15, 0.2) is 29.1 Å². The van der Waals surface area contributed by atoms with Gasteiger partial charge in [0.2, 0.25) is 28.9 Å². The van der Waals surface area contributed by atoms with E-state index in [9.17, 15) is 14.4 Å². The Kier molecular flexibility index (Phi) is 11.2. The van der Waals surface area contributed by atoms with E-state index in [-0.39, 0.29) is 34.8 Å². The number of nitrogens with one attached hydrogen (secondary N) is 4. The SMILES string of the molecule is CCC(C)C(Nc1ccc2c(cc1=O)C(NC(C)=O)CCc1cc(OC)c(OC)c(OC)c1-2)C(=O)Nc1n[nH]c(CCC2CCCC2)n1. The molecule has 1 aromatic heterocycles. The van der Waals surface area contributed by atoms with E-state index in [1.165, 1.54) is 32.6 Å². The number of amides is 2. The number of aromatic amines is 1. The van der Waals surface area contributed by atoms with E-state index in [1.54, 1.807) is 33.5 Å². The summed E-state index contributed by atoms with van der Waals surface area (Å²) in [5.74, 6) is 2.44. The summed E-state index contributed by atoms with van der Waals surface area (Å²) in [6.45, 7) is 5.41. The van der Waals surface area contributed by atoms with Gasteiger partial charge in [0.15, 0.2) is 11.5 Å². The van der Waals surface area contributed by atoms with Crippen molar-refractivity contribution < 1.29 is 23.8 Å². The summed E-state index contributed by atoms with van der Waals surface area (Å²) in [7, 11) is 4.67. The van der Waals surface area contributed by atoms with Crippen LogP contribution in [-0.4, -0.2) is 54.4 Å². The molecule has 3 atom stereocenters. The molecule has 258 valence electrons. The normalized spacial score (nSPS) is 16.9. The zero-order chi connectivity index (χ0) is 34.4. The number of hydrogen-bond acceptors (Lipinski definition) is 9. The molecule has 2 aliphatic rings. The number of hydrogen-bond donors (Lipinski definition) is 4. The van der Waals surface area contributed by atoms with Gasteiger partial charge in [-0.2, -0.15) is 4.98 Å². The van der Waals surface area contributed by atoms with E-state index in [2.05, 4.69) is 31.1 Å². The molecule has 1 saturated carbocycles. The van der Waals surface area contributed by atoms with Gasteiger partial charge in [-0.25, -0.2) is 0 Å². The van der Waals surface area contributed by atoms with Crippen molar-refractivity contribution in [3.63, 3.8) is 0 Å². The van der Waals surface area contributed by atoms with E-state index in [1.807, 2.05) is 26.0 Å². The van der Waals surface area contributed by atoms with Crippen LogP contribution >= 0.6 is 0 Å². The predicted molar refractivity (Wildman–Crippen MR) is 185 cm³/mol. The topological polar surface area (TPSA) is 157 Å². The molecule has 1 heterocycles. The molecule has 2 aromatic carbocycles. The van der Waals surface area contributed by atoms with E-state index in [0.29, 0.717) is 47.6 Å². The monoisotopic (exact) mass is 660 g/mol. The molecule has 2 aliphatic carbocycles. The van der Waals surface area contributed by atoms with Crippen molar-refractivity contribution in [2.24, 2.45) is 11.8 Å². The molecule has 0 spiro atoms. The third kappa shape index (κ3) is 7.58. The maximum Gasteiger partial charge on any atom is 0.249 e. The average molecular weight is 661 g/mol. The second-order valence-electron chi connectivity index (χ2n) is 12.9. The van der Waals surface area contributed by atoms with Crippen LogP contribution in [0.4, 0.5) is 11.6 Å². The number of H-pyrrole nitrogens is 1. The van der Waals surface area contributed by atoms with Crippen LogP contribution in [0.2, 0.25) is 0 Å². The van der Waals surface area contributed by atoms with Crippen molar-refractivity contribution in [1.29, 1.82) is 0 Å². The van der Waals surface area contributed by atoms with Crippen LogP contribution < -0.4 is 35.6 Å². The largest absolute Gasteiger partial charge is 0.493 e. The Bertz CT molecular complexity index is 1680. The van der Waals surface area contributed by atoms with Crippen molar-refractivity contribution in [2.45, 2.75) is 90.6 Å². The lowest BCUT2D eigenvalue weighted by Crippen LogP contribution is -2.41. The Morgan fingerprint density at radius 1 is 1.04 bits per heavy atom. The van der Waals surface area contributed by atoms with Crippen LogP contribution in [-0.2, 0) is 22.4 Å². The summed E-state index contributed by atoms with van der Waals surface area (Å²) >= 11 is 0. The van der Waals surface area contributed by atoms with Crippen molar-refractivity contribution in [1.82, 2.24) is 20.5 Å². The second kappa shape index (κ2) is 15.5. The molecule has 4 N–H and O–H groups in total. The van der Waals surface area contributed by atoms with Gasteiger partial charge in [0.25, 0.3) is 0 Å². The van der Waals surface area contributed by atoms with Crippen LogP contribution in [0, 0.1) is 11.8 Å². The first-order valence-electron chi connectivity index (χ1n) is 16.9. The molecule has 0 saturated heterocycles. The summed E-state index contributed by atoms with van der Waals surface area (Å²) < 4.78 is 17.2. The number of carbonyl (C=O) groups is 2. The number of fused-ring (bicyclic) bond motifs is 3. The molecule has 0 bridgehead atoms. The number of aromatic nitrogens is 3. The fraction of sp³-hybridized carbons (Fsp3) is 0.528. The lowest BCUT2D eigenvalue weighted by molar-refractivity contribution is -0.120. The fourth-order valence-electron chi connectivity index (χ4n) is 6.99. The Balaban J connectivity index is 1.49. The summed E-state index contributed by atoms with van der Waals surface area (Å²) in [5, 5.41) is 16.3. The van der Waals surface area contributed by atoms with Crippen LogP contribution in [0.3, 0.4) is 0 Å². The molecule has 3 aromatic rings. The van der Waals surface area contributed by atoms with E-state index < -0.39 is 12.1 Å². The quantitative estimate of drug-likeness (QED) is 0.184. The molecular formula is C36H48N6O6. The molecule has 0 radical (unpaired) electrons. The first-order valence-corrected chi connectivity index (χ1v) is 16.9. The Morgan fingerprint density at radius 2 is 1.79 bits per heavy atom. The molecule has 1 fully saturated rings. The van der Waals surface area contributed by atoms with Crippen LogP contribution in [0.1, 0.15) is 88.7 Å². The third-order valence-electron chi connectivity index (χ3n) is 9.75. The minimum Gasteiger partial charge on any atom is -0.493 e. The van der Waals surface area contributed by atoms with Crippen molar-refractivity contribution in [3.8, 4) is 28.4 Å². The lowest BCUT2D eigenvalue weighted by atomic mass is 9.95. The number of nitrogens with zero attached hydrogens (tertiary/aromatic N) is 2. The molecule has 3 unspecified atom stereocenters. The van der Waals surface area contributed by atoms with Gasteiger partial charge in [-0.15, -0.1) is 5.10 Å². The highest BCUT2D eigenvalue weighted by molar-refractivity contribution is 5.95. The lowest BCUT2D eigenvalue weighted by Gasteiger charge is -2.23. The zero-order valence-electron chi connectivity index (χ0n) is 28.8. The molecule has 0 aliphatic heterocycles. The van der Waals surface area contributed by atoms with E-state index in [0.717, 1.165) is 35.7 Å². The molecular weight excluding hydrogens is 612 g/mol. The Morgan fingerprint density at radius 3 is 2.46 bits per heavy atom. The van der Waals surface area contributed by atoms with Crippen molar-refractivity contribution in [3.05, 3.63) is 51.4 Å². The fourth-order valence-corrected chi connectivity index (χ4v) is 6.99. The van der Waals surface area contributed by atoms with E-state index in [4.69, 9.17) is 14.2 Å². The first kappa shape index (κ1) is 34.7. The molecule has 12 nitrogen and oxygen atoms in total. The van der Waals surface area contributed by atoms with Gasteiger partial charge in [-0.1, -0.05) is 52.0 Å². The summed E-state index contributed by atoms with van der Waals surface area (Å²) in [6, 6.07) is 5.79. The summed E-state index contributed by atoms with van der Waals surface area (Å²) in [5.41, 5.74) is 2.96. The van der Waals surface area contributed by atoms with Gasteiger partial charge >= 0.3 is 0 Å². The highest BCUT2D eigenvalue weighted by Crippen LogP contribution is 2.50. The minimum atomic E-state index is -0.748. The van der Waals surface area contributed by atoms with Gasteiger partial charge in [-0.3, -0.25) is 24.8 Å². The minimum absolute atomic E-state index is 0.127. The second-order valence-corrected chi connectivity index (χ2v) is 12.9. The predicted octanol–water partition coefficient (Wildman–Crippen LogP) is 5.57. The van der Waals surface area contributed by atoms with Crippen LogP contribution in [0.25, 0.3) is 11.1 Å². The third-order valence-corrected chi connectivity index (χ3v) is 9.75. The molecule has 48 heavy (non-hydrogen) atoms. The maximum absolute atomic E-state index is 13.9. The molecule has 5 rings (SSSR count). The number of rotatable bonds is 13. The molecule has 12 heteroatoms. The van der Waals surface area contributed by atoms with Gasteiger partial charge < -0.3 is 24.8 Å². The summed E-state index contributed by atoms with van der Waals surface area (Å²) in [6.07, 6.45) is 8.78. The first-order chi connectivity index (χ1) is 23.2. The number of carbonyl (C=O) groups excluding carboxylic acids is 2. The standard InChI is InChI=1S/C36H48N6O6/c1-7-20(2)32(35(45)40-36-39-30(41-42-36)17-12-22-10-8-9-11-22)38-27-16-14-24-25(19-28(27)44)26(37-21(3)43)15-13-23-18-29(46-4)33(47-5)34(48-6)31(23)24/h14,16,18-20,22,26,32H,7-13,15,17H2,1-6H3,(H,37,43)(H,38,44)(H2,39,40,41,42,45). The average Bonchev–Trinajstić information content (AvgIpc) is 3.71. The molecule has 2 amide bonds. The van der Waals surface area contributed by atoms with Gasteiger partial charge in [0.05, 0.1) is 33.1 Å². The zero-order valence-corrected chi connectivity index (χ0v) is 28.8. The number of methoxy groups -OCH3 is 3.